The molecule has 6 heteroatoms. The van der Waals surface area contributed by atoms with Crippen molar-refractivity contribution < 1.29 is 9.66 Å². The molecule has 1 atom stereocenters. The molecule has 6 nitrogen and oxygen atoms in total. The van der Waals surface area contributed by atoms with Gasteiger partial charge in [-0.15, -0.1) is 0 Å². The first kappa shape index (κ1) is 14.9. The Hall–Kier alpha value is -2.47. The van der Waals surface area contributed by atoms with E-state index in [9.17, 15) is 10.1 Å². The van der Waals surface area contributed by atoms with E-state index in [1.54, 1.807) is 24.4 Å². The van der Waals surface area contributed by atoms with Crippen molar-refractivity contribution in [1.82, 2.24) is 10.3 Å². The maximum absolute atomic E-state index is 10.6. The van der Waals surface area contributed by atoms with Gasteiger partial charge in [0.2, 0.25) is 5.88 Å². The molecule has 0 amide bonds. The van der Waals surface area contributed by atoms with Gasteiger partial charge in [-0.3, -0.25) is 10.1 Å². The van der Waals surface area contributed by atoms with Crippen molar-refractivity contribution in [1.29, 1.82) is 0 Å². The summed E-state index contributed by atoms with van der Waals surface area (Å²) in [6.07, 6.45) is 1.76. The molecule has 0 aliphatic heterocycles. The minimum Gasteiger partial charge on any atom is -0.439 e. The zero-order valence-corrected chi connectivity index (χ0v) is 11.9. The van der Waals surface area contributed by atoms with Crippen LogP contribution in [0.2, 0.25) is 0 Å². The SMILES string of the molecule is CCNC(C)c1ccc(Oc2ccc([N+](=O)[O-])cc2)nc1. The van der Waals surface area contributed by atoms with E-state index in [2.05, 4.69) is 24.1 Å². The molecular weight excluding hydrogens is 270 g/mol. The van der Waals surface area contributed by atoms with Gasteiger partial charge in [0.1, 0.15) is 5.75 Å². The standard InChI is InChI=1S/C15H17N3O3/c1-3-16-11(2)12-4-9-15(17-10-12)21-14-7-5-13(6-8-14)18(19)20/h4-11,16H,3H2,1-2H3. The smallest absolute Gasteiger partial charge is 0.269 e. The number of nitrogens with zero attached hydrogens (tertiary/aromatic N) is 2. The number of hydrogen-bond acceptors (Lipinski definition) is 5. The van der Waals surface area contributed by atoms with Crippen molar-refractivity contribution in [3.63, 3.8) is 0 Å². The average molecular weight is 287 g/mol. The first-order chi connectivity index (χ1) is 10.1. The molecule has 21 heavy (non-hydrogen) atoms. The minimum atomic E-state index is -0.445. The Morgan fingerprint density at radius 3 is 2.52 bits per heavy atom. The van der Waals surface area contributed by atoms with E-state index in [0.717, 1.165) is 12.1 Å². The molecule has 110 valence electrons. The van der Waals surface area contributed by atoms with Crippen LogP contribution >= 0.6 is 0 Å². The van der Waals surface area contributed by atoms with Crippen LogP contribution < -0.4 is 10.1 Å². The number of hydrogen-bond donors (Lipinski definition) is 1. The molecular formula is C15H17N3O3. The molecule has 1 N–H and O–H groups in total. The van der Waals surface area contributed by atoms with Gasteiger partial charge in [-0.2, -0.15) is 0 Å². The first-order valence-electron chi connectivity index (χ1n) is 6.71. The first-order valence-corrected chi connectivity index (χ1v) is 6.71. The second kappa shape index (κ2) is 6.81. The van der Waals surface area contributed by atoms with Crippen LogP contribution in [0.5, 0.6) is 11.6 Å². The maximum Gasteiger partial charge on any atom is 0.269 e. The number of pyridine rings is 1. The second-order valence-electron chi connectivity index (χ2n) is 4.56. The van der Waals surface area contributed by atoms with Crippen LogP contribution in [0.25, 0.3) is 0 Å². The Morgan fingerprint density at radius 1 is 1.29 bits per heavy atom. The molecule has 0 saturated heterocycles. The lowest BCUT2D eigenvalue weighted by Gasteiger charge is -2.12. The molecule has 2 aromatic rings. The van der Waals surface area contributed by atoms with Gasteiger partial charge in [0, 0.05) is 30.4 Å². The zero-order chi connectivity index (χ0) is 15.2. The fraction of sp³-hybridized carbons (Fsp3) is 0.267. The van der Waals surface area contributed by atoms with Crippen LogP contribution in [0.15, 0.2) is 42.6 Å². The van der Waals surface area contributed by atoms with Crippen LogP contribution in [0.4, 0.5) is 5.69 Å². The van der Waals surface area contributed by atoms with Crippen molar-refractivity contribution in [3.05, 3.63) is 58.3 Å². The fourth-order valence-corrected chi connectivity index (χ4v) is 1.89. The second-order valence-corrected chi connectivity index (χ2v) is 4.56. The molecule has 0 aliphatic carbocycles. The van der Waals surface area contributed by atoms with Gasteiger partial charge in [0.15, 0.2) is 0 Å². The van der Waals surface area contributed by atoms with Crippen LogP contribution in [-0.4, -0.2) is 16.5 Å². The van der Waals surface area contributed by atoms with Gasteiger partial charge < -0.3 is 10.1 Å². The fourth-order valence-electron chi connectivity index (χ4n) is 1.89. The average Bonchev–Trinajstić information content (AvgIpc) is 2.49. The lowest BCUT2D eigenvalue weighted by atomic mass is 10.1. The van der Waals surface area contributed by atoms with Crippen LogP contribution in [0, 0.1) is 10.1 Å². The number of non-ortho nitro benzene ring substituents is 1. The topological polar surface area (TPSA) is 77.3 Å². The van der Waals surface area contributed by atoms with Gasteiger partial charge in [-0.1, -0.05) is 13.0 Å². The summed E-state index contributed by atoms with van der Waals surface area (Å²) in [4.78, 5) is 14.4. The predicted molar refractivity (Wildman–Crippen MR) is 79.5 cm³/mol. The van der Waals surface area contributed by atoms with E-state index in [1.165, 1.54) is 12.1 Å². The lowest BCUT2D eigenvalue weighted by Crippen LogP contribution is -2.17. The van der Waals surface area contributed by atoms with Crippen LogP contribution in [0.1, 0.15) is 25.5 Å². The summed E-state index contributed by atoms with van der Waals surface area (Å²) < 4.78 is 5.55. The van der Waals surface area contributed by atoms with Crippen molar-refractivity contribution in [2.24, 2.45) is 0 Å². The van der Waals surface area contributed by atoms with Gasteiger partial charge in [0.25, 0.3) is 5.69 Å². The molecule has 2 rings (SSSR count). The highest BCUT2D eigenvalue weighted by molar-refractivity contribution is 5.37. The molecule has 1 aromatic carbocycles. The number of nitro benzene ring substituents is 1. The quantitative estimate of drug-likeness (QED) is 0.650. The molecule has 0 spiro atoms. The summed E-state index contributed by atoms with van der Waals surface area (Å²) >= 11 is 0. The summed E-state index contributed by atoms with van der Waals surface area (Å²) in [6.45, 7) is 5.01. The highest BCUT2D eigenvalue weighted by Crippen LogP contribution is 2.23. The van der Waals surface area contributed by atoms with Gasteiger partial charge >= 0.3 is 0 Å². The number of benzene rings is 1. The largest absolute Gasteiger partial charge is 0.439 e. The van der Waals surface area contributed by atoms with Crippen molar-refractivity contribution in [2.45, 2.75) is 19.9 Å². The van der Waals surface area contributed by atoms with Crippen molar-refractivity contribution >= 4 is 5.69 Å². The van der Waals surface area contributed by atoms with Crippen LogP contribution in [-0.2, 0) is 0 Å². The summed E-state index contributed by atoms with van der Waals surface area (Å²) in [7, 11) is 0. The third-order valence-corrected chi connectivity index (χ3v) is 3.04. The highest BCUT2D eigenvalue weighted by Gasteiger charge is 2.07. The monoisotopic (exact) mass is 287 g/mol. The molecule has 1 heterocycles. The third-order valence-electron chi connectivity index (χ3n) is 3.04. The Kier molecular flexibility index (Phi) is 4.84. The molecule has 0 saturated carbocycles. The van der Waals surface area contributed by atoms with Gasteiger partial charge in [0.05, 0.1) is 4.92 Å². The molecule has 0 fully saturated rings. The Balaban J connectivity index is 2.04. The van der Waals surface area contributed by atoms with Gasteiger partial charge in [-0.05, 0) is 31.2 Å². The third kappa shape index (κ3) is 4.00. The summed E-state index contributed by atoms with van der Waals surface area (Å²) in [5.41, 5.74) is 1.11. The molecule has 1 aromatic heterocycles. The van der Waals surface area contributed by atoms with E-state index in [0.29, 0.717) is 11.6 Å². The zero-order valence-electron chi connectivity index (χ0n) is 11.9. The normalized spacial score (nSPS) is 11.9. The lowest BCUT2D eigenvalue weighted by molar-refractivity contribution is -0.384. The van der Waals surface area contributed by atoms with Gasteiger partial charge in [-0.25, -0.2) is 4.98 Å². The molecule has 0 bridgehead atoms. The van der Waals surface area contributed by atoms with Crippen molar-refractivity contribution in [2.75, 3.05) is 6.54 Å². The Bertz CT molecular complexity index is 597. The number of nitrogens with one attached hydrogen (secondary N) is 1. The molecule has 1 unspecified atom stereocenters. The summed E-state index contributed by atoms with van der Waals surface area (Å²) in [5, 5.41) is 13.9. The van der Waals surface area contributed by atoms with E-state index in [4.69, 9.17) is 4.74 Å². The van der Waals surface area contributed by atoms with Crippen LogP contribution in [0.3, 0.4) is 0 Å². The highest BCUT2D eigenvalue weighted by atomic mass is 16.6. The Labute approximate surface area is 122 Å². The summed E-state index contributed by atoms with van der Waals surface area (Å²) in [5.74, 6) is 0.969. The van der Waals surface area contributed by atoms with Crippen molar-refractivity contribution in [3.8, 4) is 11.6 Å². The van der Waals surface area contributed by atoms with E-state index < -0.39 is 4.92 Å². The maximum atomic E-state index is 10.6. The van der Waals surface area contributed by atoms with E-state index >= 15 is 0 Å². The number of aromatic nitrogens is 1. The van der Waals surface area contributed by atoms with E-state index in [-0.39, 0.29) is 11.7 Å². The minimum absolute atomic E-state index is 0.0325. The summed E-state index contributed by atoms with van der Waals surface area (Å²) in [6, 6.07) is 9.86. The Morgan fingerprint density at radius 2 is 2.00 bits per heavy atom. The molecule has 0 radical (unpaired) electrons. The molecule has 0 aliphatic rings. The number of nitro groups is 1. The predicted octanol–water partition coefficient (Wildman–Crippen LogP) is 3.45. The van der Waals surface area contributed by atoms with E-state index in [1.807, 2.05) is 6.07 Å². The number of rotatable bonds is 6. The number of ether oxygens (including phenoxy) is 1.